The van der Waals surface area contributed by atoms with Crippen molar-refractivity contribution in [2.75, 3.05) is 0 Å². The van der Waals surface area contributed by atoms with E-state index < -0.39 is 51.2 Å². The first-order valence-electron chi connectivity index (χ1n) is 3.09. The van der Waals surface area contributed by atoms with E-state index in [1.807, 2.05) is 0 Å². The molecule has 0 N–H and O–H groups in total. The van der Waals surface area contributed by atoms with Gasteiger partial charge in [-0.2, -0.15) is 0 Å². The normalized spacial score (nSPS) is 11.1. The van der Waals surface area contributed by atoms with Gasteiger partial charge in [0.05, 0.1) is 0 Å². The van der Waals surface area contributed by atoms with E-state index in [0.29, 0.717) is 0 Å². The van der Waals surface area contributed by atoms with Crippen molar-refractivity contribution in [2.45, 2.75) is 0 Å². The molecule has 20 nitrogen and oxygen atoms in total. The molecule has 0 aromatic heterocycles. The second-order valence-electron chi connectivity index (χ2n) is 1.89. The molecule has 160 valence electrons. The van der Waals surface area contributed by atoms with Crippen LogP contribution in [-0.4, -0.2) is 11.0 Å². The second kappa shape index (κ2) is 20.4. The molecular weight excluding hydrogens is 564 g/mol. The molecular formula is Cl5KO20Si. The van der Waals surface area contributed by atoms with Crippen molar-refractivity contribution in [3.63, 3.8) is 0 Å². The molecule has 0 radical (unpaired) electrons. The van der Waals surface area contributed by atoms with Crippen LogP contribution >= 0.6 is 0 Å². The Labute approximate surface area is 204 Å². The predicted molar refractivity (Wildman–Crippen MR) is 5.75 cm³/mol. The van der Waals surface area contributed by atoms with Gasteiger partial charge >= 0.3 is 62.3 Å². The van der Waals surface area contributed by atoms with Crippen LogP contribution in [0.15, 0.2) is 0 Å². The van der Waals surface area contributed by atoms with Crippen LogP contribution in [0.3, 0.4) is 0 Å². The van der Waals surface area contributed by atoms with Crippen LogP contribution in [0.5, 0.6) is 0 Å². The first-order chi connectivity index (χ1) is 10.0. The molecule has 0 aromatic carbocycles. The van der Waals surface area contributed by atoms with Crippen LogP contribution < -0.4 is 145 Å². The Kier molecular flexibility index (Phi) is 35.8. The molecule has 27 heavy (non-hydrogen) atoms. The van der Waals surface area contributed by atoms with Crippen molar-refractivity contribution in [1.29, 1.82) is 0 Å². The van der Waals surface area contributed by atoms with Gasteiger partial charge in [0.25, 0.3) is 0 Å². The van der Waals surface area contributed by atoms with E-state index in [1.54, 1.807) is 0 Å². The van der Waals surface area contributed by atoms with Crippen LogP contribution in [0.4, 0.5) is 0 Å². The first kappa shape index (κ1) is 47.3. The maximum absolute atomic E-state index is 8.49. The van der Waals surface area contributed by atoms with Gasteiger partial charge < -0.3 is 0 Å². The van der Waals surface area contributed by atoms with Crippen molar-refractivity contribution >= 4 is 11.0 Å². The van der Waals surface area contributed by atoms with Crippen molar-refractivity contribution < 1.29 is 196 Å². The van der Waals surface area contributed by atoms with Gasteiger partial charge in [-0.1, -0.05) is 0 Å². The van der Waals surface area contributed by atoms with E-state index in [-0.39, 0.29) is 62.3 Å². The molecule has 0 fully saturated rings. The fraction of sp³-hybridized carbons (Fsp3) is 0. The SMILES string of the molecule is [K+].[O-][Cl+3]([O-])([O-])[O-].[O-][Cl+3]([O-])([O-])[O-].[O-][Cl+3]([O-])([O-])[O-].[O-][Cl+3]([O-])([O-])[O-].[O-][Cl+3]([O-])([O-])[O-].[Si+4]. The summed E-state index contributed by atoms with van der Waals surface area (Å²) < 4.78 is 170. The van der Waals surface area contributed by atoms with Gasteiger partial charge in [-0.15, -0.1) is 51.2 Å². The van der Waals surface area contributed by atoms with Crippen molar-refractivity contribution in [1.82, 2.24) is 0 Å². The Balaban J connectivity index is -0.0000000364. The summed E-state index contributed by atoms with van der Waals surface area (Å²) in [7, 11) is -24.7. The van der Waals surface area contributed by atoms with Gasteiger partial charge in [0.1, 0.15) is 0 Å². The Morgan fingerprint density at radius 3 is 0.222 bits per heavy atom. The van der Waals surface area contributed by atoms with Gasteiger partial charge in [0.15, 0.2) is 0 Å². The Morgan fingerprint density at radius 1 is 0.222 bits per heavy atom. The average Bonchev–Trinajstić information content (AvgIpc) is 1.79. The van der Waals surface area contributed by atoms with Gasteiger partial charge in [-0.05, 0) is 0 Å². The summed E-state index contributed by atoms with van der Waals surface area (Å²) in [5.41, 5.74) is 0. The van der Waals surface area contributed by atoms with Crippen LogP contribution in [0.2, 0.25) is 0 Å². The van der Waals surface area contributed by atoms with E-state index in [4.69, 9.17) is 93.2 Å². The summed E-state index contributed by atoms with van der Waals surface area (Å²) in [4.78, 5) is 0. The number of hydrogen-bond acceptors (Lipinski definition) is 20. The standard InChI is InChI=1S/5ClHO4.K.Si/c5*2-1(3,4)5;;/h5*(H,2,3,4,5);;/q;;;;;+1;+4/p-5. The summed E-state index contributed by atoms with van der Waals surface area (Å²) in [5.74, 6) is 0. The topological polar surface area (TPSA) is 461 Å². The van der Waals surface area contributed by atoms with E-state index in [0.717, 1.165) is 0 Å². The number of halogens is 5. The first-order valence-corrected chi connectivity index (χ1v) is 9.26. The maximum Gasteiger partial charge on any atom is 4.00 e. The summed E-state index contributed by atoms with van der Waals surface area (Å²) in [5, 5.41) is 0. The number of hydrogen-bond donors (Lipinski definition) is 0. The second-order valence-corrected chi connectivity index (χ2v) is 5.67. The van der Waals surface area contributed by atoms with Gasteiger partial charge in [0, 0.05) is 0 Å². The molecule has 0 aliphatic carbocycles. The zero-order valence-corrected chi connectivity index (χ0v) is 19.5. The summed E-state index contributed by atoms with van der Waals surface area (Å²) in [6.07, 6.45) is 0. The van der Waals surface area contributed by atoms with Crippen molar-refractivity contribution in [3.8, 4) is 0 Å². The molecule has 0 atom stereocenters. The number of rotatable bonds is 0. The minimum Gasteiger partial charge on any atom is -0.222 e. The van der Waals surface area contributed by atoms with Gasteiger partial charge in [-0.25, -0.2) is 93.2 Å². The third kappa shape index (κ3) is 3200. The maximum atomic E-state index is 8.49. The Hall–Kier alpha value is 2.50. The minimum absolute atomic E-state index is 0. The third-order valence-corrected chi connectivity index (χ3v) is 0. The quantitative estimate of drug-likeness (QED) is 0.246. The molecule has 0 aliphatic rings. The van der Waals surface area contributed by atoms with E-state index >= 15 is 0 Å². The molecule has 0 amide bonds. The fourth-order valence-electron chi connectivity index (χ4n) is 0. The average molecular weight is 564 g/mol. The predicted octanol–water partition coefficient (Wildman–Crippen LogP) is -27.2. The minimum atomic E-state index is -4.94. The van der Waals surface area contributed by atoms with Crippen LogP contribution in [0.1, 0.15) is 0 Å². The molecule has 27 heteroatoms. The van der Waals surface area contributed by atoms with E-state index in [9.17, 15) is 0 Å². The monoisotopic (exact) mass is 562 g/mol. The fourth-order valence-corrected chi connectivity index (χ4v) is 0. The molecule has 0 saturated heterocycles. The van der Waals surface area contributed by atoms with E-state index in [2.05, 4.69) is 0 Å². The van der Waals surface area contributed by atoms with Gasteiger partial charge in [0.2, 0.25) is 0 Å². The summed E-state index contributed by atoms with van der Waals surface area (Å²) in [6.45, 7) is 0. The molecule has 0 aromatic rings. The van der Waals surface area contributed by atoms with Crippen LogP contribution in [0.25, 0.3) is 0 Å². The van der Waals surface area contributed by atoms with Crippen LogP contribution in [0, 0.1) is 51.2 Å². The largest absolute Gasteiger partial charge is 4.00 e. The zero-order valence-electron chi connectivity index (χ0n) is 11.6. The molecule has 0 rings (SSSR count). The molecule has 0 spiro atoms. The zero-order chi connectivity index (χ0) is 22.5. The smallest absolute Gasteiger partial charge is 0.222 e. The molecule has 0 aliphatic heterocycles. The summed E-state index contributed by atoms with van der Waals surface area (Å²) in [6, 6.07) is 0. The van der Waals surface area contributed by atoms with Gasteiger partial charge in [-0.3, -0.25) is 0 Å². The molecule has 0 saturated carbocycles. The molecule has 0 bridgehead atoms. The van der Waals surface area contributed by atoms with Crippen molar-refractivity contribution in [2.24, 2.45) is 0 Å². The Morgan fingerprint density at radius 2 is 0.222 bits per heavy atom. The van der Waals surface area contributed by atoms with Crippen molar-refractivity contribution in [3.05, 3.63) is 0 Å². The molecule has 0 unspecified atom stereocenters. The molecule has 0 heterocycles. The van der Waals surface area contributed by atoms with Crippen LogP contribution in [-0.2, 0) is 0 Å². The summed E-state index contributed by atoms with van der Waals surface area (Å²) >= 11 is 0. The Bertz CT molecular complexity index is 178. The van der Waals surface area contributed by atoms with E-state index in [1.165, 1.54) is 0 Å². The third-order valence-electron chi connectivity index (χ3n) is 0.